The second-order valence-corrected chi connectivity index (χ2v) is 10.1. The van der Waals surface area contributed by atoms with E-state index in [0.29, 0.717) is 11.8 Å². The molecule has 5 atom stereocenters. The third-order valence-electron chi connectivity index (χ3n) is 7.58. The Hall–Kier alpha value is -2.82. The first-order chi connectivity index (χ1) is 15.8. The van der Waals surface area contributed by atoms with E-state index in [-0.39, 0.29) is 18.4 Å². The fourth-order valence-corrected chi connectivity index (χ4v) is 5.80. The van der Waals surface area contributed by atoms with E-state index in [1.54, 1.807) is 0 Å². The fraction of sp³-hybridized carbons (Fsp3) is 0.500. The number of nitrogens with zero attached hydrogens (tertiary/aromatic N) is 1. The molecule has 0 aromatic heterocycles. The Kier molecular flexibility index (Phi) is 6.78. The van der Waals surface area contributed by atoms with Gasteiger partial charge in [-0.1, -0.05) is 94.8 Å². The van der Waals surface area contributed by atoms with Crippen molar-refractivity contribution in [1.29, 1.82) is 0 Å². The lowest BCUT2D eigenvalue weighted by molar-refractivity contribution is -0.108. The molecule has 33 heavy (non-hydrogen) atoms. The zero-order chi connectivity index (χ0) is 23.6. The molecule has 3 unspecified atom stereocenters. The highest BCUT2D eigenvalue weighted by Crippen LogP contribution is 2.51. The number of hydrogen-bond donors (Lipinski definition) is 0. The molecule has 1 aliphatic heterocycles. The van der Waals surface area contributed by atoms with Gasteiger partial charge in [0, 0.05) is 11.8 Å². The SMILES string of the molecule is CC1CCC(C(C)C)[C@](OC(=O)N2C[C@H](c3ccccc3)OC2=O)(C(C)c2ccccc2)C1. The zero-order valence-electron chi connectivity index (χ0n) is 20.1. The van der Waals surface area contributed by atoms with Crippen LogP contribution in [0.4, 0.5) is 9.59 Å². The van der Waals surface area contributed by atoms with Gasteiger partial charge in [0.1, 0.15) is 11.7 Å². The van der Waals surface area contributed by atoms with Crippen molar-refractivity contribution in [2.75, 3.05) is 6.54 Å². The Morgan fingerprint density at radius 1 is 1.03 bits per heavy atom. The van der Waals surface area contributed by atoms with E-state index >= 15 is 0 Å². The van der Waals surface area contributed by atoms with E-state index in [0.717, 1.165) is 35.3 Å². The van der Waals surface area contributed by atoms with Gasteiger partial charge in [-0.2, -0.15) is 0 Å². The zero-order valence-corrected chi connectivity index (χ0v) is 20.1. The van der Waals surface area contributed by atoms with Crippen molar-refractivity contribution in [3.05, 3.63) is 71.8 Å². The average molecular weight is 450 g/mol. The molecule has 2 aromatic carbocycles. The van der Waals surface area contributed by atoms with Crippen molar-refractivity contribution in [1.82, 2.24) is 4.90 Å². The summed E-state index contributed by atoms with van der Waals surface area (Å²) in [4.78, 5) is 27.3. The molecule has 2 aliphatic rings. The van der Waals surface area contributed by atoms with E-state index in [1.807, 2.05) is 48.5 Å². The molecule has 5 heteroatoms. The molecule has 0 bridgehead atoms. The summed E-state index contributed by atoms with van der Waals surface area (Å²) in [6, 6.07) is 19.8. The van der Waals surface area contributed by atoms with Crippen molar-refractivity contribution >= 4 is 12.2 Å². The van der Waals surface area contributed by atoms with Crippen molar-refractivity contribution < 1.29 is 19.1 Å². The Balaban J connectivity index is 1.64. The van der Waals surface area contributed by atoms with Crippen molar-refractivity contribution in [3.8, 4) is 0 Å². The summed E-state index contributed by atoms with van der Waals surface area (Å²) in [7, 11) is 0. The lowest BCUT2D eigenvalue weighted by atomic mass is 9.61. The van der Waals surface area contributed by atoms with E-state index in [1.165, 1.54) is 0 Å². The van der Waals surface area contributed by atoms with Gasteiger partial charge in [-0.3, -0.25) is 0 Å². The Morgan fingerprint density at radius 2 is 1.67 bits per heavy atom. The molecule has 1 saturated heterocycles. The van der Waals surface area contributed by atoms with Gasteiger partial charge < -0.3 is 9.47 Å². The van der Waals surface area contributed by atoms with Crippen LogP contribution >= 0.6 is 0 Å². The van der Waals surface area contributed by atoms with E-state index in [2.05, 4.69) is 39.8 Å². The van der Waals surface area contributed by atoms with Crippen LogP contribution in [0, 0.1) is 17.8 Å². The minimum Gasteiger partial charge on any atom is -0.441 e. The van der Waals surface area contributed by atoms with Crippen LogP contribution in [0.5, 0.6) is 0 Å². The third kappa shape index (κ3) is 4.64. The summed E-state index contributed by atoms with van der Waals surface area (Å²) in [6.45, 7) is 8.96. The van der Waals surface area contributed by atoms with Crippen LogP contribution in [0.25, 0.3) is 0 Å². The van der Waals surface area contributed by atoms with Gasteiger partial charge in [0.15, 0.2) is 0 Å². The smallest absolute Gasteiger partial charge is 0.420 e. The second kappa shape index (κ2) is 9.58. The number of ether oxygens (including phenoxy) is 2. The maximum Gasteiger partial charge on any atom is 0.420 e. The number of benzene rings is 2. The minimum atomic E-state index is -0.685. The van der Waals surface area contributed by atoms with Crippen molar-refractivity contribution in [2.24, 2.45) is 17.8 Å². The topological polar surface area (TPSA) is 55.8 Å². The quantitative estimate of drug-likeness (QED) is 0.495. The lowest BCUT2D eigenvalue weighted by Crippen LogP contribution is -2.54. The molecule has 2 fully saturated rings. The largest absolute Gasteiger partial charge is 0.441 e. The first kappa shape index (κ1) is 23.3. The van der Waals surface area contributed by atoms with E-state index in [4.69, 9.17) is 9.47 Å². The minimum absolute atomic E-state index is 0.00124. The van der Waals surface area contributed by atoms with Gasteiger partial charge in [0.25, 0.3) is 0 Å². The van der Waals surface area contributed by atoms with Crippen LogP contribution in [0.1, 0.15) is 70.1 Å². The standard InChI is InChI=1S/C28H35NO4/c1-19(2)24-16-15-20(3)17-28(24,21(4)22-11-7-5-8-12-22)33-27(31)29-18-25(32-26(29)30)23-13-9-6-10-14-23/h5-14,19-21,24-25H,15-18H2,1-4H3/t20?,21?,24?,25-,28-/m1/s1. The summed E-state index contributed by atoms with van der Waals surface area (Å²) in [5, 5.41) is 0. The van der Waals surface area contributed by atoms with E-state index < -0.39 is 23.9 Å². The molecule has 0 spiro atoms. The molecular formula is C28H35NO4. The van der Waals surface area contributed by atoms with Crippen molar-refractivity contribution in [2.45, 2.75) is 64.6 Å². The predicted octanol–water partition coefficient (Wildman–Crippen LogP) is 6.95. The monoisotopic (exact) mass is 449 g/mol. The maximum atomic E-state index is 13.5. The number of amides is 2. The average Bonchev–Trinajstić information content (AvgIpc) is 3.21. The fourth-order valence-electron chi connectivity index (χ4n) is 5.80. The molecule has 176 valence electrons. The highest BCUT2D eigenvalue weighted by molar-refractivity contribution is 5.89. The highest BCUT2D eigenvalue weighted by atomic mass is 16.6. The Labute approximate surface area is 197 Å². The van der Waals surface area contributed by atoms with Gasteiger partial charge >= 0.3 is 12.2 Å². The molecule has 0 radical (unpaired) electrons. The lowest BCUT2D eigenvalue weighted by Gasteiger charge is -2.51. The third-order valence-corrected chi connectivity index (χ3v) is 7.58. The first-order valence-electron chi connectivity index (χ1n) is 12.1. The predicted molar refractivity (Wildman–Crippen MR) is 128 cm³/mol. The van der Waals surface area contributed by atoms with Gasteiger partial charge in [-0.05, 0) is 35.8 Å². The summed E-state index contributed by atoms with van der Waals surface area (Å²) >= 11 is 0. The van der Waals surface area contributed by atoms with E-state index in [9.17, 15) is 9.59 Å². The van der Waals surface area contributed by atoms with Gasteiger partial charge in [0.05, 0.1) is 6.54 Å². The Bertz CT molecular complexity index is 960. The first-order valence-corrected chi connectivity index (χ1v) is 12.1. The number of hydrogen-bond acceptors (Lipinski definition) is 4. The van der Waals surface area contributed by atoms with Crippen LogP contribution in [-0.2, 0) is 9.47 Å². The highest BCUT2D eigenvalue weighted by Gasteiger charge is 2.53. The molecule has 2 amide bonds. The number of imide groups is 1. The molecule has 0 N–H and O–H groups in total. The Morgan fingerprint density at radius 3 is 2.30 bits per heavy atom. The summed E-state index contributed by atoms with van der Waals surface area (Å²) < 4.78 is 12.0. The molecule has 1 saturated carbocycles. The van der Waals surface area contributed by atoms with Crippen LogP contribution < -0.4 is 0 Å². The number of cyclic esters (lactones) is 1. The number of carbonyl (C=O) groups excluding carboxylic acids is 2. The number of carbonyl (C=O) groups is 2. The van der Waals surface area contributed by atoms with Crippen LogP contribution in [-0.4, -0.2) is 29.2 Å². The number of rotatable bonds is 5. The molecule has 1 heterocycles. The molecule has 4 rings (SSSR count). The summed E-state index contributed by atoms with van der Waals surface area (Å²) in [5.74, 6) is 0.985. The van der Waals surface area contributed by atoms with Gasteiger partial charge in [-0.15, -0.1) is 0 Å². The van der Waals surface area contributed by atoms with Crippen LogP contribution in [0.15, 0.2) is 60.7 Å². The normalized spacial score (nSPS) is 28.5. The summed E-state index contributed by atoms with van der Waals surface area (Å²) in [5.41, 5.74) is 1.34. The molecule has 5 nitrogen and oxygen atoms in total. The maximum absolute atomic E-state index is 13.5. The molecule has 2 aromatic rings. The van der Waals surface area contributed by atoms with Crippen molar-refractivity contribution in [3.63, 3.8) is 0 Å². The molecule has 1 aliphatic carbocycles. The second-order valence-electron chi connectivity index (χ2n) is 10.1. The van der Waals surface area contributed by atoms with Crippen LogP contribution in [0.2, 0.25) is 0 Å². The summed E-state index contributed by atoms with van der Waals surface area (Å²) in [6.07, 6.45) is 1.19. The van der Waals surface area contributed by atoms with Gasteiger partial charge in [0.2, 0.25) is 0 Å². The van der Waals surface area contributed by atoms with Gasteiger partial charge in [-0.25, -0.2) is 14.5 Å². The molecular weight excluding hydrogens is 414 g/mol. The van der Waals surface area contributed by atoms with Crippen LogP contribution in [0.3, 0.4) is 0 Å².